The summed E-state index contributed by atoms with van der Waals surface area (Å²) in [7, 11) is 0. The smallest absolute Gasteiger partial charge is 0.251 e. The lowest BCUT2D eigenvalue weighted by Gasteiger charge is -2.34. The third-order valence-corrected chi connectivity index (χ3v) is 7.24. The average Bonchev–Trinajstić information content (AvgIpc) is 3.54. The minimum Gasteiger partial charge on any atom is -0.291 e. The molecule has 0 aliphatic carbocycles. The lowest BCUT2D eigenvalue weighted by molar-refractivity contribution is -0.123. The van der Waals surface area contributed by atoms with Crippen LogP contribution in [0.15, 0.2) is 41.8 Å². The van der Waals surface area contributed by atoms with Crippen LogP contribution in [-0.2, 0) is 9.59 Å². The fraction of sp³-hybridized carbons (Fsp3) is 0.435. The van der Waals surface area contributed by atoms with Crippen molar-refractivity contribution in [2.24, 2.45) is 0 Å². The van der Waals surface area contributed by atoms with Gasteiger partial charge in [0.1, 0.15) is 0 Å². The Bertz CT molecular complexity index is 1100. The van der Waals surface area contributed by atoms with Gasteiger partial charge in [-0.2, -0.15) is 4.80 Å². The number of nitrogens with zero attached hydrogens (tertiary/aromatic N) is 6. The Kier molecular flexibility index (Phi) is 5.60. The Hall–Kier alpha value is -2.91. The first-order valence-electron chi connectivity index (χ1n) is 11.1. The molecule has 0 saturated carbocycles. The standard InChI is InChI=1S/C23H26N6O2S/c1-15(2)16-5-7-17(8-6-16)28-21(30)14-19(23(28)31)27-11-9-18(10-12-27)29-25-22(24-26-29)20-4-3-13-32-20/h3-8,13,15,18-19H,9-12,14H2,1-2H3. The summed E-state index contributed by atoms with van der Waals surface area (Å²) < 4.78 is 0. The molecule has 0 radical (unpaired) electrons. The van der Waals surface area contributed by atoms with Gasteiger partial charge in [0, 0.05) is 13.1 Å². The summed E-state index contributed by atoms with van der Waals surface area (Å²) in [6, 6.07) is 11.5. The maximum atomic E-state index is 13.1. The molecule has 2 fully saturated rings. The van der Waals surface area contributed by atoms with Crippen LogP contribution < -0.4 is 4.90 Å². The van der Waals surface area contributed by atoms with Crippen LogP contribution in [0.5, 0.6) is 0 Å². The molecular formula is C23H26N6O2S. The highest BCUT2D eigenvalue weighted by atomic mass is 32.1. The zero-order chi connectivity index (χ0) is 22.2. The van der Waals surface area contributed by atoms with Gasteiger partial charge < -0.3 is 0 Å². The molecule has 8 nitrogen and oxygen atoms in total. The Labute approximate surface area is 190 Å². The lowest BCUT2D eigenvalue weighted by atomic mass is 10.0. The minimum atomic E-state index is -0.390. The van der Waals surface area contributed by atoms with Gasteiger partial charge in [-0.3, -0.25) is 14.5 Å². The number of carbonyl (C=O) groups excluding carboxylic acids is 2. The number of imide groups is 1. The van der Waals surface area contributed by atoms with E-state index in [1.165, 1.54) is 10.5 Å². The Morgan fingerprint density at radius 3 is 2.47 bits per heavy atom. The van der Waals surface area contributed by atoms with Crippen molar-refractivity contribution in [3.63, 3.8) is 0 Å². The number of thiophene rings is 1. The van der Waals surface area contributed by atoms with Crippen molar-refractivity contribution < 1.29 is 9.59 Å². The second kappa shape index (κ2) is 8.55. The highest BCUT2D eigenvalue weighted by molar-refractivity contribution is 7.13. The molecule has 1 aromatic carbocycles. The van der Waals surface area contributed by atoms with E-state index >= 15 is 0 Å². The number of tetrazole rings is 1. The normalized spacial score (nSPS) is 20.6. The zero-order valence-corrected chi connectivity index (χ0v) is 19.0. The summed E-state index contributed by atoms with van der Waals surface area (Å²) in [6.07, 6.45) is 1.88. The van der Waals surface area contributed by atoms with Crippen molar-refractivity contribution >= 4 is 28.8 Å². The summed E-state index contributed by atoms with van der Waals surface area (Å²) in [4.78, 5) is 32.0. The molecule has 4 heterocycles. The van der Waals surface area contributed by atoms with Crippen LogP contribution in [-0.4, -0.2) is 56.1 Å². The number of piperidine rings is 1. The molecule has 9 heteroatoms. The van der Waals surface area contributed by atoms with E-state index in [9.17, 15) is 9.59 Å². The van der Waals surface area contributed by atoms with E-state index in [1.54, 1.807) is 16.1 Å². The van der Waals surface area contributed by atoms with E-state index in [0.29, 0.717) is 17.4 Å². The largest absolute Gasteiger partial charge is 0.291 e. The summed E-state index contributed by atoms with van der Waals surface area (Å²) >= 11 is 1.59. The molecule has 0 bridgehead atoms. The maximum absolute atomic E-state index is 13.1. The monoisotopic (exact) mass is 450 g/mol. The molecule has 32 heavy (non-hydrogen) atoms. The maximum Gasteiger partial charge on any atom is 0.251 e. The first kappa shape index (κ1) is 21.0. The van der Waals surface area contributed by atoms with Gasteiger partial charge in [-0.05, 0) is 53.1 Å². The third kappa shape index (κ3) is 3.86. The molecule has 2 aliphatic heterocycles. The van der Waals surface area contributed by atoms with E-state index in [1.807, 2.05) is 41.8 Å². The summed E-state index contributed by atoms with van der Waals surface area (Å²) in [5.74, 6) is 0.810. The number of hydrogen-bond acceptors (Lipinski definition) is 7. The molecule has 2 saturated heterocycles. The van der Waals surface area contributed by atoms with Crippen molar-refractivity contribution in [1.82, 2.24) is 25.1 Å². The van der Waals surface area contributed by atoms with Crippen molar-refractivity contribution in [2.45, 2.75) is 51.1 Å². The van der Waals surface area contributed by atoms with E-state index in [2.05, 4.69) is 34.2 Å². The number of benzene rings is 1. The predicted octanol–water partition coefficient (Wildman–Crippen LogP) is 3.49. The molecule has 5 rings (SSSR count). The molecule has 2 aliphatic rings. The fourth-order valence-electron chi connectivity index (χ4n) is 4.49. The minimum absolute atomic E-state index is 0.121. The topological polar surface area (TPSA) is 84.2 Å². The quantitative estimate of drug-likeness (QED) is 0.553. The van der Waals surface area contributed by atoms with E-state index in [0.717, 1.165) is 30.8 Å². The van der Waals surface area contributed by atoms with Crippen LogP contribution in [0.1, 0.15) is 50.6 Å². The summed E-state index contributed by atoms with van der Waals surface area (Å²) in [5.41, 5.74) is 1.85. The Balaban J connectivity index is 1.23. The number of anilines is 1. The van der Waals surface area contributed by atoms with Crippen LogP contribution in [0, 0.1) is 0 Å². The van der Waals surface area contributed by atoms with Crippen LogP contribution in [0.2, 0.25) is 0 Å². The molecule has 166 valence electrons. The van der Waals surface area contributed by atoms with Crippen molar-refractivity contribution in [1.29, 1.82) is 0 Å². The first-order chi connectivity index (χ1) is 15.5. The number of carbonyl (C=O) groups is 2. The van der Waals surface area contributed by atoms with Crippen molar-refractivity contribution in [2.75, 3.05) is 18.0 Å². The van der Waals surface area contributed by atoms with Crippen LogP contribution >= 0.6 is 11.3 Å². The number of hydrogen-bond donors (Lipinski definition) is 0. The van der Waals surface area contributed by atoms with Gasteiger partial charge >= 0.3 is 0 Å². The molecule has 0 spiro atoms. The first-order valence-corrected chi connectivity index (χ1v) is 11.9. The van der Waals surface area contributed by atoms with E-state index in [4.69, 9.17) is 0 Å². The summed E-state index contributed by atoms with van der Waals surface area (Å²) in [5, 5.41) is 15.0. The van der Waals surface area contributed by atoms with Crippen LogP contribution in [0.25, 0.3) is 10.7 Å². The molecule has 1 unspecified atom stereocenters. The molecule has 0 N–H and O–H groups in total. The average molecular weight is 451 g/mol. The van der Waals surface area contributed by atoms with Gasteiger partial charge in [0.05, 0.1) is 29.1 Å². The Morgan fingerprint density at radius 2 is 1.81 bits per heavy atom. The van der Waals surface area contributed by atoms with Gasteiger partial charge in [-0.25, -0.2) is 4.90 Å². The Morgan fingerprint density at radius 1 is 1.06 bits per heavy atom. The second-order valence-electron chi connectivity index (χ2n) is 8.71. The SMILES string of the molecule is CC(C)c1ccc(N2C(=O)CC(N3CCC(n4nnc(-c5cccs5)n4)CC3)C2=O)cc1. The number of rotatable bonds is 5. The zero-order valence-electron chi connectivity index (χ0n) is 18.2. The molecule has 3 aromatic rings. The van der Waals surface area contributed by atoms with Gasteiger partial charge in [-0.1, -0.05) is 32.0 Å². The predicted molar refractivity (Wildman–Crippen MR) is 122 cm³/mol. The molecule has 2 aromatic heterocycles. The highest BCUT2D eigenvalue weighted by Gasteiger charge is 2.43. The number of likely N-dealkylation sites (tertiary alicyclic amines) is 1. The van der Waals surface area contributed by atoms with Crippen molar-refractivity contribution in [3.05, 3.63) is 47.3 Å². The number of aromatic nitrogens is 4. The van der Waals surface area contributed by atoms with Gasteiger partial charge in [0.2, 0.25) is 11.7 Å². The lowest BCUT2D eigenvalue weighted by Crippen LogP contribution is -2.46. The second-order valence-corrected chi connectivity index (χ2v) is 9.66. The number of amides is 2. The van der Waals surface area contributed by atoms with Crippen LogP contribution in [0.4, 0.5) is 5.69 Å². The van der Waals surface area contributed by atoms with E-state index < -0.39 is 6.04 Å². The van der Waals surface area contributed by atoms with Crippen LogP contribution in [0.3, 0.4) is 0 Å². The van der Waals surface area contributed by atoms with E-state index in [-0.39, 0.29) is 24.3 Å². The van der Waals surface area contributed by atoms with Gasteiger partial charge in [-0.15, -0.1) is 21.5 Å². The van der Waals surface area contributed by atoms with Gasteiger partial charge in [0.25, 0.3) is 5.91 Å². The van der Waals surface area contributed by atoms with Crippen molar-refractivity contribution in [3.8, 4) is 10.7 Å². The summed E-state index contributed by atoms with van der Waals surface area (Å²) in [6.45, 7) is 5.70. The molecule has 1 atom stereocenters. The molecule has 2 amide bonds. The third-order valence-electron chi connectivity index (χ3n) is 6.38. The highest BCUT2D eigenvalue weighted by Crippen LogP contribution is 2.31. The fourth-order valence-corrected chi connectivity index (χ4v) is 5.14. The van der Waals surface area contributed by atoms with Gasteiger partial charge in [0.15, 0.2) is 0 Å². The molecular weight excluding hydrogens is 424 g/mol.